The summed E-state index contributed by atoms with van der Waals surface area (Å²) in [7, 11) is 0. The SMILES string of the molecule is Brc1c2ccccc2c(Oc2ccccc2-c2ccccc2)c2ccccc12. The van der Waals surface area contributed by atoms with Crippen molar-refractivity contribution in [2.45, 2.75) is 0 Å². The van der Waals surface area contributed by atoms with E-state index in [9.17, 15) is 0 Å². The van der Waals surface area contributed by atoms with E-state index in [4.69, 9.17) is 4.74 Å². The zero-order valence-electron chi connectivity index (χ0n) is 15.1. The van der Waals surface area contributed by atoms with Gasteiger partial charge in [-0.15, -0.1) is 0 Å². The fourth-order valence-electron chi connectivity index (χ4n) is 3.67. The van der Waals surface area contributed by atoms with Crippen molar-refractivity contribution in [1.29, 1.82) is 0 Å². The van der Waals surface area contributed by atoms with E-state index in [2.05, 4.69) is 94.8 Å². The Morgan fingerprint density at radius 3 is 1.64 bits per heavy atom. The molecule has 0 unspecified atom stereocenters. The lowest BCUT2D eigenvalue weighted by molar-refractivity contribution is 0.495. The van der Waals surface area contributed by atoms with Gasteiger partial charge in [0.25, 0.3) is 0 Å². The maximum atomic E-state index is 6.62. The number of fused-ring (bicyclic) bond motifs is 2. The Hall–Kier alpha value is -3.10. The van der Waals surface area contributed by atoms with Gasteiger partial charge < -0.3 is 4.74 Å². The standard InChI is InChI=1S/C26H17BrO/c27-25-20-13-4-6-15-22(20)26(23-16-7-5-14-21(23)25)28-24-17-9-8-12-19(24)18-10-2-1-3-11-18/h1-17H. The zero-order chi connectivity index (χ0) is 18.9. The summed E-state index contributed by atoms with van der Waals surface area (Å²) >= 11 is 3.80. The van der Waals surface area contributed by atoms with Gasteiger partial charge in [0.15, 0.2) is 0 Å². The molecule has 1 nitrogen and oxygen atoms in total. The topological polar surface area (TPSA) is 9.23 Å². The molecule has 0 spiro atoms. The van der Waals surface area contributed by atoms with Crippen molar-refractivity contribution >= 4 is 37.5 Å². The van der Waals surface area contributed by atoms with Gasteiger partial charge in [0.2, 0.25) is 0 Å². The Balaban J connectivity index is 1.77. The van der Waals surface area contributed by atoms with Crippen LogP contribution in [-0.4, -0.2) is 0 Å². The molecule has 5 aromatic rings. The predicted octanol–water partition coefficient (Wildman–Crippen LogP) is 8.21. The van der Waals surface area contributed by atoms with Crippen molar-refractivity contribution in [3.05, 3.63) is 108 Å². The van der Waals surface area contributed by atoms with Gasteiger partial charge in [-0.2, -0.15) is 0 Å². The van der Waals surface area contributed by atoms with Crippen molar-refractivity contribution in [3.8, 4) is 22.6 Å². The maximum Gasteiger partial charge on any atom is 0.143 e. The van der Waals surface area contributed by atoms with E-state index in [1.165, 1.54) is 0 Å². The summed E-state index contributed by atoms with van der Waals surface area (Å²) in [6.45, 7) is 0. The third-order valence-corrected chi connectivity index (χ3v) is 5.85. The molecule has 5 aromatic carbocycles. The van der Waals surface area contributed by atoms with Crippen LogP contribution in [0.15, 0.2) is 108 Å². The van der Waals surface area contributed by atoms with E-state index < -0.39 is 0 Å². The third-order valence-electron chi connectivity index (χ3n) is 5.00. The van der Waals surface area contributed by atoms with Gasteiger partial charge >= 0.3 is 0 Å². The van der Waals surface area contributed by atoms with Crippen LogP contribution in [0.25, 0.3) is 32.7 Å². The van der Waals surface area contributed by atoms with Gasteiger partial charge in [0.05, 0.1) is 0 Å². The summed E-state index contributed by atoms with van der Waals surface area (Å²) in [6, 6.07) is 35.3. The molecule has 0 atom stereocenters. The van der Waals surface area contributed by atoms with E-state index in [1.807, 2.05) is 24.3 Å². The Labute approximate surface area is 172 Å². The highest BCUT2D eigenvalue weighted by molar-refractivity contribution is 9.10. The number of ether oxygens (including phenoxy) is 1. The fraction of sp³-hybridized carbons (Fsp3) is 0. The minimum atomic E-state index is 0.853. The lowest BCUT2D eigenvalue weighted by Gasteiger charge is -2.17. The first-order valence-corrected chi connectivity index (χ1v) is 10.0. The molecule has 0 aromatic heterocycles. The molecular weight excluding hydrogens is 408 g/mol. The molecular formula is C26H17BrO. The largest absolute Gasteiger partial charge is 0.455 e. The summed E-state index contributed by atoms with van der Waals surface area (Å²) in [5, 5.41) is 4.48. The van der Waals surface area contributed by atoms with Gasteiger partial charge in [-0.1, -0.05) is 97.1 Å². The molecule has 0 heterocycles. The first-order chi connectivity index (χ1) is 13.8. The summed E-state index contributed by atoms with van der Waals surface area (Å²) in [4.78, 5) is 0. The van der Waals surface area contributed by atoms with Crippen LogP contribution in [0.1, 0.15) is 0 Å². The average Bonchev–Trinajstić information content (AvgIpc) is 2.77. The Morgan fingerprint density at radius 1 is 0.500 bits per heavy atom. The first-order valence-electron chi connectivity index (χ1n) is 9.24. The molecule has 134 valence electrons. The maximum absolute atomic E-state index is 6.62. The average molecular weight is 425 g/mol. The molecule has 28 heavy (non-hydrogen) atoms. The van der Waals surface area contributed by atoms with Crippen LogP contribution in [0.5, 0.6) is 11.5 Å². The van der Waals surface area contributed by atoms with Gasteiger partial charge in [0.1, 0.15) is 11.5 Å². The Kier molecular flexibility index (Phi) is 4.34. The van der Waals surface area contributed by atoms with E-state index in [0.717, 1.165) is 48.6 Å². The molecule has 0 fully saturated rings. The van der Waals surface area contributed by atoms with Crippen LogP contribution < -0.4 is 4.74 Å². The fourth-order valence-corrected chi connectivity index (χ4v) is 4.36. The van der Waals surface area contributed by atoms with E-state index in [1.54, 1.807) is 0 Å². The lowest BCUT2D eigenvalue weighted by atomic mass is 10.0. The van der Waals surface area contributed by atoms with Gasteiger partial charge in [0, 0.05) is 31.6 Å². The van der Waals surface area contributed by atoms with Crippen molar-refractivity contribution in [3.63, 3.8) is 0 Å². The predicted molar refractivity (Wildman–Crippen MR) is 121 cm³/mol. The molecule has 5 rings (SSSR count). The second kappa shape index (κ2) is 7.14. The number of rotatable bonds is 3. The minimum Gasteiger partial charge on any atom is -0.455 e. The summed E-state index contributed by atoms with van der Waals surface area (Å²) in [6.07, 6.45) is 0. The number of para-hydroxylation sites is 1. The Bertz CT molecular complexity index is 1240. The summed E-state index contributed by atoms with van der Waals surface area (Å²) in [5.41, 5.74) is 2.23. The minimum absolute atomic E-state index is 0.853. The second-order valence-electron chi connectivity index (χ2n) is 6.70. The highest BCUT2D eigenvalue weighted by Crippen LogP contribution is 2.44. The smallest absolute Gasteiger partial charge is 0.143 e. The molecule has 0 saturated carbocycles. The van der Waals surface area contributed by atoms with Crippen LogP contribution in [0.3, 0.4) is 0 Å². The van der Waals surface area contributed by atoms with E-state index >= 15 is 0 Å². The lowest BCUT2D eigenvalue weighted by Crippen LogP contribution is -1.92. The van der Waals surface area contributed by atoms with Crippen molar-refractivity contribution in [2.75, 3.05) is 0 Å². The van der Waals surface area contributed by atoms with Crippen molar-refractivity contribution < 1.29 is 4.74 Å². The molecule has 0 N–H and O–H groups in total. The van der Waals surface area contributed by atoms with Crippen LogP contribution in [0.2, 0.25) is 0 Å². The van der Waals surface area contributed by atoms with Crippen LogP contribution in [0, 0.1) is 0 Å². The third kappa shape index (κ3) is 2.87. The Morgan fingerprint density at radius 2 is 1.00 bits per heavy atom. The molecule has 0 saturated heterocycles. The monoisotopic (exact) mass is 424 g/mol. The summed E-state index contributed by atoms with van der Waals surface area (Å²) < 4.78 is 7.72. The van der Waals surface area contributed by atoms with Crippen molar-refractivity contribution in [1.82, 2.24) is 0 Å². The molecule has 0 bridgehead atoms. The first kappa shape index (κ1) is 17.0. The summed E-state index contributed by atoms with van der Waals surface area (Å²) in [5.74, 6) is 1.74. The second-order valence-corrected chi connectivity index (χ2v) is 7.49. The van der Waals surface area contributed by atoms with Crippen molar-refractivity contribution in [2.24, 2.45) is 0 Å². The van der Waals surface area contributed by atoms with Gasteiger partial charge in [-0.05, 0) is 27.6 Å². The van der Waals surface area contributed by atoms with Gasteiger partial charge in [-0.3, -0.25) is 0 Å². The number of hydrogen-bond acceptors (Lipinski definition) is 1. The molecule has 0 aliphatic rings. The van der Waals surface area contributed by atoms with Crippen LogP contribution in [0.4, 0.5) is 0 Å². The molecule has 0 aliphatic heterocycles. The van der Waals surface area contributed by atoms with Crippen LogP contribution in [-0.2, 0) is 0 Å². The van der Waals surface area contributed by atoms with E-state index in [-0.39, 0.29) is 0 Å². The molecule has 0 aliphatic carbocycles. The molecule has 0 amide bonds. The highest BCUT2D eigenvalue weighted by Gasteiger charge is 2.15. The number of halogens is 1. The molecule has 2 heteroatoms. The zero-order valence-corrected chi connectivity index (χ0v) is 16.7. The quantitative estimate of drug-likeness (QED) is 0.265. The number of hydrogen-bond donors (Lipinski definition) is 0. The molecule has 0 radical (unpaired) electrons. The normalized spacial score (nSPS) is 11.0. The van der Waals surface area contributed by atoms with Gasteiger partial charge in [-0.25, -0.2) is 0 Å². The number of benzene rings is 5. The van der Waals surface area contributed by atoms with Crippen LogP contribution >= 0.6 is 15.9 Å². The highest BCUT2D eigenvalue weighted by atomic mass is 79.9. The van der Waals surface area contributed by atoms with E-state index in [0.29, 0.717) is 0 Å².